The Labute approximate surface area is 73.8 Å². The third kappa shape index (κ3) is 1.38. The van der Waals surface area contributed by atoms with E-state index >= 15 is 0 Å². The Morgan fingerprint density at radius 3 is 3.23 bits per heavy atom. The minimum atomic E-state index is -0.869. The average Bonchev–Trinajstić information content (AvgIpc) is 2.48. The van der Waals surface area contributed by atoms with Gasteiger partial charge in [-0.15, -0.1) is 0 Å². The van der Waals surface area contributed by atoms with Gasteiger partial charge >= 0.3 is 5.97 Å². The Hall–Kier alpha value is -1.84. The largest absolute Gasteiger partial charge is 0.481 e. The zero-order chi connectivity index (χ0) is 9.26. The van der Waals surface area contributed by atoms with Crippen molar-refractivity contribution in [3.8, 4) is 0 Å². The van der Waals surface area contributed by atoms with Crippen LogP contribution < -0.4 is 0 Å². The van der Waals surface area contributed by atoms with Crippen molar-refractivity contribution in [1.82, 2.24) is 4.98 Å². The van der Waals surface area contributed by atoms with Gasteiger partial charge in [-0.1, -0.05) is 0 Å². The summed E-state index contributed by atoms with van der Waals surface area (Å²) in [6.45, 7) is 0. The third-order valence-electron chi connectivity index (χ3n) is 1.77. The summed E-state index contributed by atoms with van der Waals surface area (Å²) in [7, 11) is 0. The minimum absolute atomic E-state index is 0.0291. The molecule has 0 aromatic carbocycles. The van der Waals surface area contributed by atoms with Crippen LogP contribution in [0.25, 0.3) is 11.1 Å². The first-order valence-corrected chi connectivity index (χ1v) is 3.80. The lowest BCUT2D eigenvalue weighted by molar-refractivity contribution is -0.136. The monoisotopic (exact) mass is 177 g/mol. The zero-order valence-electron chi connectivity index (χ0n) is 6.73. The molecule has 0 bridgehead atoms. The van der Waals surface area contributed by atoms with Gasteiger partial charge < -0.3 is 9.52 Å². The highest BCUT2D eigenvalue weighted by atomic mass is 16.4. The minimum Gasteiger partial charge on any atom is -0.481 e. The van der Waals surface area contributed by atoms with E-state index in [4.69, 9.17) is 9.52 Å². The first-order valence-electron chi connectivity index (χ1n) is 3.80. The topological polar surface area (TPSA) is 63.3 Å². The first kappa shape index (κ1) is 7.79. The van der Waals surface area contributed by atoms with Crippen LogP contribution in [0.5, 0.6) is 0 Å². The van der Waals surface area contributed by atoms with Crippen molar-refractivity contribution in [2.24, 2.45) is 0 Å². The normalized spacial score (nSPS) is 10.5. The van der Waals surface area contributed by atoms with Gasteiger partial charge in [0.05, 0.1) is 12.7 Å². The van der Waals surface area contributed by atoms with E-state index in [0.717, 1.165) is 5.39 Å². The molecule has 2 rings (SSSR count). The third-order valence-corrected chi connectivity index (χ3v) is 1.77. The van der Waals surface area contributed by atoms with Crippen molar-refractivity contribution in [1.29, 1.82) is 0 Å². The fourth-order valence-electron chi connectivity index (χ4n) is 1.22. The number of rotatable bonds is 2. The highest BCUT2D eigenvalue weighted by molar-refractivity contribution is 5.82. The molecule has 0 radical (unpaired) electrons. The molecule has 0 aliphatic heterocycles. The summed E-state index contributed by atoms with van der Waals surface area (Å²) in [4.78, 5) is 14.4. The van der Waals surface area contributed by atoms with Gasteiger partial charge in [0.15, 0.2) is 0 Å². The van der Waals surface area contributed by atoms with E-state index in [0.29, 0.717) is 11.3 Å². The molecule has 2 heterocycles. The Kier molecular flexibility index (Phi) is 1.73. The number of nitrogens with zero attached hydrogens (tertiary/aromatic N) is 1. The van der Waals surface area contributed by atoms with Crippen LogP contribution in [-0.2, 0) is 11.2 Å². The molecule has 0 aliphatic carbocycles. The molecule has 4 nitrogen and oxygen atoms in total. The Morgan fingerprint density at radius 2 is 2.46 bits per heavy atom. The van der Waals surface area contributed by atoms with Gasteiger partial charge in [0.25, 0.3) is 0 Å². The van der Waals surface area contributed by atoms with E-state index < -0.39 is 5.97 Å². The van der Waals surface area contributed by atoms with Crippen LogP contribution in [-0.4, -0.2) is 16.1 Å². The van der Waals surface area contributed by atoms with Crippen molar-refractivity contribution < 1.29 is 14.3 Å². The van der Waals surface area contributed by atoms with Crippen LogP contribution >= 0.6 is 0 Å². The molecular formula is C9H7NO3. The molecule has 0 unspecified atom stereocenters. The number of furan rings is 1. The van der Waals surface area contributed by atoms with Crippen molar-refractivity contribution in [2.75, 3.05) is 0 Å². The van der Waals surface area contributed by atoms with E-state index in [1.165, 1.54) is 6.26 Å². The van der Waals surface area contributed by atoms with Crippen molar-refractivity contribution >= 4 is 17.1 Å². The summed E-state index contributed by atoms with van der Waals surface area (Å²) in [5, 5.41) is 9.35. The van der Waals surface area contributed by atoms with E-state index in [1.54, 1.807) is 18.3 Å². The van der Waals surface area contributed by atoms with Crippen LogP contribution in [0.4, 0.5) is 0 Å². The number of hydrogen-bond donors (Lipinski definition) is 1. The second-order valence-electron chi connectivity index (χ2n) is 2.69. The Morgan fingerprint density at radius 1 is 1.62 bits per heavy atom. The molecule has 0 atom stereocenters. The lowest BCUT2D eigenvalue weighted by Gasteiger charge is -1.90. The number of carboxylic acid groups (broad SMARTS) is 1. The Balaban J connectivity index is 2.51. The number of carboxylic acids is 1. The Bertz CT molecular complexity index is 447. The zero-order valence-corrected chi connectivity index (χ0v) is 6.73. The summed E-state index contributed by atoms with van der Waals surface area (Å²) in [6.07, 6.45) is 3.01. The SMILES string of the molecule is O=C(O)Cc1coc2ncccc12. The predicted molar refractivity (Wildman–Crippen MR) is 45.3 cm³/mol. The quantitative estimate of drug-likeness (QED) is 0.754. The van der Waals surface area contributed by atoms with Crippen LogP contribution in [0.1, 0.15) is 5.56 Å². The second-order valence-corrected chi connectivity index (χ2v) is 2.69. The number of hydrogen-bond acceptors (Lipinski definition) is 3. The molecule has 0 fully saturated rings. The molecule has 0 aliphatic rings. The van der Waals surface area contributed by atoms with Crippen LogP contribution in [0, 0.1) is 0 Å². The molecule has 0 saturated carbocycles. The number of aliphatic carboxylic acids is 1. The summed E-state index contributed by atoms with van der Waals surface area (Å²) in [6, 6.07) is 3.55. The van der Waals surface area contributed by atoms with Gasteiger partial charge in [0.1, 0.15) is 0 Å². The van der Waals surface area contributed by atoms with Crippen LogP contribution in [0.15, 0.2) is 29.0 Å². The summed E-state index contributed by atoms with van der Waals surface area (Å²) in [5.74, 6) is -0.869. The number of aromatic nitrogens is 1. The lowest BCUT2D eigenvalue weighted by atomic mass is 10.2. The summed E-state index contributed by atoms with van der Waals surface area (Å²) < 4.78 is 5.08. The standard InChI is InChI=1S/C9H7NO3/c11-8(12)4-6-5-13-9-7(6)2-1-3-10-9/h1-3,5H,4H2,(H,11,12). The van der Waals surface area contributed by atoms with Crippen molar-refractivity contribution in [3.63, 3.8) is 0 Å². The summed E-state index contributed by atoms with van der Waals surface area (Å²) >= 11 is 0. The number of carbonyl (C=O) groups is 1. The highest BCUT2D eigenvalue weighted by Gasteiger charge is 2.08. The summed E-state index contributed by atoms with van der Waals surface area (Å²) in [5.41, 5.74) is 1.15. The van der Waals surface area contributed by atoms with Crippen molar-refractivity contribution in [3.05, 3.63) is 30.2 Å². The lowest BCUT2D eigenvalue weighted by Crippen LogP contribution is -1.98. The average molecular weight is 177 g/mol. The van der Waals surface area contributed by atoms with E-state index in [1.807, 2.05) is 0 Å². The van der Waals surface area contributed by atoms with Gasteiger partial charge in [-0.05, 0) is 12.1 Å². The van der Waals surface area contributed by atoms with Gasteiger partial charge in [0.2, 0.25) is 5.71 Å². The smallest absolute Gasteiger partial charge is 0.307 e. The number of pyridine rings is 1. The maximum Gasteiger partial charge on any atom is 0.307 e. The molecular weight excluding hydrogens is 170 g/mol. The fourth-order valence-corrected chi connectivity index (χ4v) is 1.22. The highest BCUT2D eigenvalue weighted by Crippen LogP contribution is 2.18. The fraction of sp³-hybridized carbons (Fsp3) is 0.111. The van der Waals surface area contributed by atoms with Gasteiger partial charge in [0, 0.05) is 17.1 Å². The molecule has 2 aromatic heterocycles. The van der Waals surface area contributed by atoms with Gasteiger partial charge in [-0.3, -0.25) is 4.79 Å². The first-order chi connectivity index (χ1) is 6.27. The molecule has 0 amide bonds. The van der Waals surface area contributed by atoms with Gasteiger partial charge in [-0.25, -0.2) is 4.98 Å². The van der Waals surface area contributed by atoms with Crippen molar-refractivity contribution in [2.45, 2.75) is 6.42 Å². The molecule has 4 heteroatoms. The van der Waals surface area contributed by atoms with E-state index in [9.17, 15) is 4.79 Å². The van der Waals surface area contributed by atoms with Gasteiger partial charge in [-0.2, -0.15) is 0 Å². The second kappa shape index (κ2) is 2.90. The predicted octanol–water partition coefficient (Wildman–Crippen LogP) is 1.45. The molecule has 13 heavy (non-hydrogen) atoms. The van der Waals surface area contributed by atoms with Crippen LogP contribution in [0.2, 0.25) is 0 Å². The van der Waals surface area contributed by atoms with Crippen LogP contribution in [0.3, 0.4) is 0 Å². The molecule has 1 N–H and O–H groups in total. The van der Waals surface area contributed by atoms with E-state index in [-0.39, 0.29) is 6.42 Å². The molecule has 0 saturated heterocycles. The molecule has 0 spiro atoms. The molecule has 2 aromatic rings. The maximum atomic E-state index is 10.4. The maximum absolute atomic E-state index is 10.4. The molecule has 66 valence electrons. The van der Waals surface area contributed by atoms with E-state index in [2.05, 4.69) is 4.98 Å². The number of fused-ring (bicyclic) bond motifs is 1.